The molecule has 0 radical (unpaired) electrons. The Balaban J connectivity index is 0.000000232. The molecule has 1 aromatic heterocycles. The lowest BCUT2D eigenvalue weighted by atomic mass is 10.1. The van der Waals surface area contributed by atoms with Gasteiger partial charge in [-0.1, -0.05) is 6.07 Å². The van der Waals surface area contributed by atoms with E-state index in [1.54, 1.807) is 12.1 Å². The lowest BCUT2D eigenvalue weighted by Gasteiger charge is -1.94. The average molecular weight is 250 g/mol. The van der Waals surface area contributed by atoms with Crippen molar-refractivity contribution in [1.29, 1.82) is 0 Å². The molecule has 2 rings (SSSR count). The smallest absolute Gasteiger partial charge is 0.414 e. The minimum absolute atomic E-state index is 0.397. The first kappa shape index (κ1) is 13.2. The van der Waals surface area contributed by atoms with Crippen LogP contribution in [-0.4, -0.2) is 33.0 Å². The predicted molar refractivity (Wildman–Crippen MR) is 62.1 cm³/mol. The zero-order valence-electron chi connectivity index (χ0n) is 9.08. The first-order valence-electron chi connectivity index (χ1n) is 4.75. The molecule has 0 spiro atoms. The molecule has 0 saturated carbocycles. The number of hydrogen-bond donors (Lipinski definition) is 4. The number of carbonyl (C=O) groups is 3. The summed E-state index contributed by atoms with van der Waals surface area (Å²) < 4.78 is 0. The maximum Gasteiger partial charge on any atom is 0.414 e. The third-order valence-electron chi connectivity index (χ3n) is 2.02. The van der Waals surface area contributed by atoms with Crippen molar-refractivity contribution in [1.82, 2.24) is 4.98 Å². The Bertz CT molecular complexity index is 590. The van der Waals surface area contributed by atoms with E-state index in [-0.39, 0.29) is 0 Å². The van der Waals surface area contributed by atoms with Gasteiger partial charge in [-0.15, -0.1) is 0 Å². The van der Waals surface area contributed by atoms with Gasteiger partial charge >= 0.3 is 11.9 Å². The molecule has 1 aromatic carbocycles. The SMILES string of the molecule is NC(=O)c1ccc2cc[nH]c2c1.O=C(O)C(=O)O. The highest BCUT2D eigenvalue weighted by molar-refractivity contribution is 6.27. The van der Waals surface area contributed by atoms with Crippen LogP contribution >= 0.6 is 0 Å². The van der Waals surface area contributed by atoms with Crippen molar-refractivity contribution in [2.45, 2.75) is 0 Å². The second-order valence-electron chi connectivity index (χ2n) is 3.25. The molecule has 2 aromatic rings. The Kier molecular flexibility index (Phi) is 4.03. The van der Waals surface area contributed by atoms with E-state index in [2.05, 4.69) is 4.98 Å². The van der Waals surface area contributed by atoms with Crippen LogP contribution in [0.2, 0.25) is 0 Å². The number of hydrogen-bond acceptors (Lipinski definition) is 3. The van der Waals surface area contributed by atoms with Gasteiger partial charge in [-0.05, 0) is 23.6 Å². The molecule has 0 atom stereocenters. The Morgan fingerprint density at radius 2 is 1.67 bits per heavy atom. The van der Waals surface area contributed by atoms with E-state index < -0.39 is 17.8 Å². The maximum atomic E-state index is 10.8. The summed E-state index contributed by atoms with van der Waals surface area (Å²) in [5.74, 6) is -4.04. The molecule has 0 aliphatic rings. The molecule has 1 heterocycles. The van der Waals surface area contributed by atoms with Gasteiger partial charge in [0.2, 0.25) is 5.91 Å². The van der Waals surface area contributed by atoms with E-state index in [0.717, 1.165) is 10.9 Å². The summed E-state index contributed by atoms with van der Waals surface area (Å²) in [5.41, 5.74) is 6.59. The standard InChI is InChI=1S/C9H8N2O.C2H2O4/c10-9(12)7-2-1-6-3-4-11-8(6)5-7;3-1(4)2(5)6/h1-5,11H,(H2,10,12);(H,3,4)(H,5,6). The fourth-order valence-corrected chi connectivity index (χ4v) is 1.20. The molecule has 94 valence electrons. The second-order valence-corrected chi connectivity index (χ2v) is 3.25. The summed E-state index contributed by atoms with van der Waals surface area (Å²) in [4.78, 5) is 32.0. The third-order valence-corrected chi connectivity index (χ3v) is 2.02. The van der Waals surface area contributed by atoms with Gasteiger partial charge in [-0.2, -0.15) is 0 Å². The number of fused-ring (bicyclic) bond motifs is 1. The fraction of sp³-hybridized carbons (Fsp3) is 0. The highest BCUT2D eigenvalue weighted by atomic mass is 16.4. The Labute approximate surface area is 101 Å². The lowest BCUT2D eigenvalue weighted by molar-refractivity contribution is -0.159. The number of carboxylic acid groups (broad SMARTS) is 2. The lowest BCUT2D eigenvalue weighted by Crippen LogP contribution is -2.10. The van der Waals surface area contributed by atoms with Crippen LogP contribution in [0, 0.1) is 0 Å². The van der Waals surface area contributed by atoms with Crippen LogP contribution < -0.4 is 5.73 Å². The van der Waals surface area contributed by atoms with Crippen molar-refractivity contribution < 1.29 is 24.6 Å². The summed E-state index contributed by atoms with van der Waals surface area (Å²) in [6.45, 7) is 0. The number of aromatic nitrogens is 1. The number of nitrogens with one attached hydrogen (secondary N) is 1. The molecular weight excluding hydrogens is 240 g/mol. The third kappa shape index (κ3) is 3.34. The number of carboxylic acids is 2. The van der Waals surface area contributed by atoms with Crippen molar-refractivity contribution in [3.8, 4) is 0 Å². The van der Waals surface area contributed by atoms with Crippen LogP contribution in [0.25, 0.3) is 10.9 Å². The average Bonchev–Trinajstić information content (AvgIpc) is 2.76. The van der Waals surface area contributed by atoms with Gasteiger partial charge in [0, 0.05) is 17.3 Å². The molecule has 5 N–H and O–H groups in total. The van der Waals surface area contributed by atoms with Gasteiger partial charge in [-0.25, -0.2) is 9.59 Å². The molecule has 0 bridgehead atoms. The zero-order valence-corrected chi connectivity index (χ0v) is 9.08. The van der Waals surface area contributed by atoms with Crippen molar-refractivity contribution >= 4 is 28.7 Å². The van der Waals surface area contributed by atoms with Crippen molar-refractivity contribution in [2.24, 2.45) is 5.73 Å². The van der Waals surface area contributed by atoms with E-state index in [1.807, 2.05) is 18.3 Å². The largest absolute Gasteiger partial charge is 0.473 e. The first-order valence-corrected chi connectivity index (χ1v) is 4.75. The highest BCUT2D eigenvalue weighted by Crippen LogP contribution is 2.13. The maximum absolute atomic E-state index is 10.8. The number of nitrogens with two attached hydrogens (primary N) is 1. The molecule has 0 fully saturated rings. The van der Waals surface area contributed by atoms with Crippen LogP contribution in [0.5, 0.6) is 0 Å². The van der Waals surface area contributed by atoms with Crippen LogP contribution in [-0.2, 0) is 9.59 Å². The number of amides is 1. The molecule has 0 aliphatic heterocycles. The van der Waals surface area contributed by atoms with E-state index in [0.29, 0.717) is 5.56 Å². The van der Waals surface area contributed by atoms with Gasteiger partial charge in [0.25, 0.3) is 0 Å². The number of H-pyrrole nitrogens is 1. The molecular formula is C11H10N2O5. The second kappa shape index (κ2) is 5.48. The summed E-state index contributed by atoms with van der Waals surface area (Å²) in [7, 11) is 0. The van der Waals surface area contributed by atoms with Gasteiger partial charge < -0.3 is 20.9 Å². The number of rotatable bonds is 1. The molecule has 1 amide bonds. The predicted octanol–water partition coefficient (Wildman–Crippen LogP) is 0.422. The molecule has 7 nitrogen and oxygen atoms in total. The van der Waals surface area contributed by atoms with Crippen LogP contribution in [0.3, 0.4) is 0 Å². The minimum atomic E-state index is -1.82. The van der Waals surface area contributed by atoms with Gasteiger partial charge in [-0.3, -0.25) is 4.79 Å². The van der Waals surface area contributed by atoms with Crippen molar-refractivity contribution in [3.05, 3.63) is 36.0 Å². The summed E-state index contributed by atoms with van der Waals surface area (Å²) in [6.07, 6.45) is 1.83. The molecule has 0 unspecified atom stereocenters. The molecule has 18 heavy (non-hydrogen) atoms. The highest BCUT2D eigenvalue weighted by Gasteiger charge is 2.04. The van der Waals surface area contributed by atoms with E-state index >= 15 is 0 Å². The zero-order chi connectivity index (χ0) is 13.7. The van der Waals surface area contributed by atoms with Gasteiger partial charge in [0.1, 0.15) is 0 Å². The van der Waals surface area contributed by atoms with Gasteiger partial charge in [0.05, 0.1) is 0 Å². The van der Waals surface area contributed by atoms with Crippen LogP contribution in [0.1, 0.15) is 10.4 Å². The summed E-state index contributed by atoms with van der Waals surface area (Å²) >= 11 is 0. The summed E-state index contributed by atoms with van der Waals surface area (Å²) in [6, 6.07) is 7.28. The fourth-order valence-electron chi connectivity index (χ4n) is 1.20. The number of aromatic amines is 1. The van der Waals surface area contributed by atoms with Crippen molar-refractivity contribution in [2.75, 3.05) is 0 Å². The van der Waals surface area contributed by atoms with Crippen molar-refractivity contribution in [3.63, 3.8) is 0 Å². The monoisotopic (exact) mass is 250 g/mol. The Morgan fingerprint density at radius 3 is 2.17 bits per heavy atom. The van der Waals surface area contributed by atoms with Crippen LogP contribution in [0.15, 0.2) is 30.5 Å². The number of benzene rings is 1. The van der Waals surface area contributed by atoms with E-state index in [1.165, 1.54) is 0 Å². The number of primary amides is 1. The van der Waals surface area contributed by atoms with E-state index in [9.17, 15) is 4.79 Å². The molecule has 0 saturated heterocycles. The Hall–Kier alpha value is -2.83. The topological polar surface area (TPSA) is 133 Å². The molecule has 7 heteroatoms. The van der Waals surface area contributed by atoms with Crippen LogP contribution in [0.4, 0.5) is 0 Å². The number of aliphatic carboxylic acids is 2. The summed E-state index contributed by atoms with van der Waals surface area (Å²) in [5, 5.41) is 15.9. The number of carbonyl (C=O) groups excluding carboxylic acids is 1. The minimum Gasteiger partial charge on any atom is -0.473 e. The Morgan fingerprint density at radius 1 is 1.06 bits per heavy atom. The first-order chi connectivity index (χ1) is 8.41. The van der Waals surface area contributed by atoms with E-state index in [4.69, 9.17) is 25.5 Å². The quantitative estimate of drug-likeness (QED) is 0.544. The normalized spacial score (nSPS) is 9.33. The molecule has 0 aliphatic carbocycles. The van der Waals surface area contributed by atoms with Gasteiger partial charge in [0.15, 0.2) is 0 Å².